The fourth-order valence-electron chi connectivity index (χ4n) is 1.10. The number of nitrogens with zero attached hydrogens (tertiary/aromatic N) is 2. The Bertz CT molecular complexity index is 456. The zero-order valence-electron chi connectivity index (χ0n) is 8.14. The molecule has 0 aliphatic carbocycles. The lowest BCUT2D eigenvalue weighted by Gasteiger charge is -2.04. The minimum atomic E-state index is 0.410. The van der Waals surface area contributed by atoms with Gasteiger partial charge in [-0.15, -0.1) is 0 Å². The highest BCUT2D eigenvalue weighted by molar-refractivity contribution is 6.29. The van der Waals surface area contributed by atoms with Crippen LogP contribution >= 0.6 is 11.6 Å². The summed E-state index contributed by atoms with van der Waals surface area (Å²) >= 11 is 5.73. The topological polar surface area (TPSA) is 35.0 Å². The van der Waals surface area contributed by atoms with Crippen LogP contribution in [0.25, 0.3) is 0 Å². The number of rotatable bonds is 2. The van der Waals surface area contributed by atoms with E-state index in [9.17, 15) is 0 Å². The molecule has 2 rings (SSSR count). The van der Waals surface area contributed by atoms with Gasteiger partial charge < -0.3 is 4.74 Å². The molecule has 2 heterocycles. The van der Waals surface area contributed by atoms with Crippen LogP contribution in [0.5, 0.6) is 11.5 Å². The van der Waals surface area contributed by atoms with Crippen LogP contribution in [0.4, 0.5) is 0 Å². The summed E-state index contributed by atoms with van der Waals surface area (Å²) in [5.74, 6) is 1.34. The van der Waals surface area contributed by atoms with Crippen molar-refractivity contribution in [3.8, 4) is 11.5 Å². The van der Waals surface area contributed by atoms with Crippen LogP contribution in [0.2, 0.25) is 5.15 Å². The quantitative estimate of drug-likeness (QED) is 0.729. The van der Waals surface area contributed by atoms with Crippen molar-refractivity contribution in [1.82, 2.24) is 9.97 Å². The van der Waals surface area contributed by atoms with E-state index in [4.69, 9.17) is 16.3 Å². The number of ether oxygens (including phenoxy) is 1. The zero-order chi connectivity index (χ0) is 10.7. The van der Waals surface area contributed by atoms with Crippen LogP contribution in [0.3, 0.4) is 0 Å². The molecule has 15 heavy (non-hydrogen) atoms. The predicted octanol–water partition coefficient (Wildman–Crippen LogP) is 3.23. The summed E-state index contributed by atoms with van der Waals surface area (Å²) in [6, 6.07) is 7.14. The van der Waals surface area contributed by atoms with Crippen molar-refractivity contribution in [1.29, 1.82) is 0 Å². The minimum absolute atomic E-state index is 0.410. The van der Waals surface area contributed by atoms with Crippen molar-refractivity contribution in [3.05, 3.63) is 47.5 Å². The maximum absolute atomic E-state index is 5.73. The molecule has 2 aromatic heterocycles. The molecule has 0 aliphatic heterocycles. The minimum Gasteiger partial charge on any atom is -0.456 e. The molecule has 2 aromatic rings. The Labute approximate surface area is 92.7 Å². The third kappa shape index (κ3) is 2.67. The smallest absolute Gasteiger partial charge is 0.145 e. The fraction of sp³-hybridized carbons (Fsp3) is 0.0909. The van der Waals surface area contributed by atoms with E-state index in [0.717, 1.165) is 5.69 Å². The van der Waals surface area contributed by atoms with E-state index >= 15 is 0 Å². The lowest BCUT2D eigenvalue weighted by molar-refractivity contribution is 0.479. The summed E-state index contributed by atoms with van der Waals surface area (Å²) in [6.45, 7) is 1.92. The molecular weight excluding hydrogens is 212 g/mol. The summed E-state index contributed by atoms with van der Waals surface area (Å²) < 4.78 is 5.53. The average Bonchev–Trinajstić information content (AvgIpc) is 2.22. The third-order valence-electron chi connectivity index (χ3n) is 1.82. The summed E-state index contributed by atoms with van der Waals surface area (Å²) in [5.41, 5.74) is 0.954. The first-order valence-corrected chi connectivity index (χ1v) is 4.84. The number of hydrogen-bond acceptors (Lipinski definition) is 3. The molecule has 0 aliphatic rings. The van der Waals surface area contributed by atoms with E-state index in [2.05, 4.69) is 9.97 Å². The molecule has 3 nitrogen and oxygen atoms in total. The second-order valence-corrected chi connectivity index (χ2v) is 3.44. The normalized spacial score (nSPS) is 10.0. The monoisotopic (exact) mass is 220 g/mol. The Morgan fingerprint density at radius 3 is 2.67 bits per heavy atom. The van der Waals surface area contributed by atoms with Gasteiger partial charge in [-0.2, -0.15) is 0 Å². The number of pyridine rings is 2. The molecule has 0 radical (unpaired) electrons. The van der Waals surface area contributed by atoms with Crippen molar-refractivity contribution in [2.75, 3.05) is 0 Å². The number of halogens is 1. The summed E-state index contributed by atoms with van der Waals surface area (Å²) in [7, 11) is 0. The van der Waals surface area contributed by atoms with Crippen LogP contribution in [0.1, 0.15) is 5.69 Å². The molecule has 0 atom stereocenters. The van der Waals surface area contributed by atoms with E-state index in [1.54, 1.807) is 24.5 Å². The molecule has 0 aromatic carbocycles. The number of aromatic nitrogens is 2. The largest absolute Gasteiger partial charge is 0.456 e. The molecule has 0 bridgehead atoms. The SMILES string of the molecule is Cc1ccc(Oc2ccnc(Cl)c2)cn1. The first kappa shape index (κ1) is 9.93. The van der Waals surface area contributed by atoms with Gasteiger partial charge in [0.2, 0.25) is 0 Å². The molecule has 0 unspecified atom stereocenters. The van der Waals surface area contributed by atoms with Gasteiger partial charge in [0.15, 0.2) is 0 Å². The second kappa shape index (κ2) is 4.28. The Balaban J connectivity index is 2.18. The molecule has 0 amide bonds. The zero-order valence-corrected chi connectivity index (χ0v) is 8.90. The van der Waals surface area contributed by atoms with Crippen LogP contribution in [0, 0.1) is 6.92 Å². The Morgan fingerprint density at radius 1 is 1.13 bits per heavy atom. The van der Waals surface area contributed by atoms with E-state index in [1.807, 2.05) is 19.1 Å². The maximum Gasteiger partial charge on any atom is 0.145 e. The molecule has 0 N–H and O–H groups in total. The Morgan fingerprint density at radius 2 is 2.00 bits per heavy atom. The molecule has 0 fully saturated rings. The fourth-order valence-corrected chi connectivity index (χ4v) is 1.26. The second-order valence-electron chi connectivity index (χ2n) is 3.05. The first-order valence-electron chi connectivity index (χ1n) is 4.46. The lowest BCUT2D eigenvalue weighted by atomic mass is 10.4. The van der Waals surface area contributed by atoms with Gasteiger partial charge in [-0.3, -0.25) is 4.98 Å². The maximum atomic E-state index is 5.73. The summed E-state index contributed by atoms with van der Waals surface area (Å²) in [6.07, 6.45) is 3.27. The van der Waals surface area contributed by atoms with Gasteiger partial charge in [0.25, 0.3) is 0 Å². The van der Waals surface area contributed by atoms with E-state index in [-0.39, 0.29) is 0 Å². The highest BCUT2D eigenvalue weighted by Crippen LogP contribution is 2.21. The first-order chi connectivity index (χ1) is 7.24. The predicted molar refractivity (Wildman–Crippen MR) is 58.3 cm³/mol. The Kier molecular flexibility index (Phi) is 2.83. The summed E-state index contributed by atoms with van der Waals surface area (Å²) in [5, 5.41) is 0.410. The van der Waals surface area contributed by atoms with Crippen LogP contribution in [-0.4, -0.2) is 9.97 Å². The Hall–Kier alpha value is -1.61. The molecular formula is C11H9ClN2O. The van der Waals surface area contributed by atoms with E-state index in [1.165, 1.54) is 0 Å². The van der Waals surface area contributed by atoms with Gasteiger partial charge >= 0.3 is 0 Å². The van der Waals surface area contributed by atoms with Gasteiger partial charge in [0.05, 0.1) is 6.20 Å². The van der Waals surface area contributed by atoms with Crippen LogP contribution < -0.4 is 4.74 Å². The highest BCUT2D eigenvalue weighted by Gasteiger charge is 1.98. The van der Waals surface area contributed by atoms with E-state index in [0.29, 0.717) is 16.7 Å². The van der Waals surface area contributed by atoms with Gasteiger partial charge in [0.1, 0.15) is 16.7 Å². The van der Waals surface area contributed by atoms with Gasteiger partial charge in [-0.25, -0.2) is 4.98 Å². The number of aryl methyl sites for hydroxylation is 1. The summed E-state index contributed by atoms with van der Waals surface area (Å²) in [4.78, 5) is 7.99. The van der Waals surface area contributed by atoms with Crippen LogP contribution in [-0.2, 0) is 0 Å². The van der Waals surface area contributed by atoms with Gasteiger partial charge in [-0.1, -0.05) is 11.6 Å². The molecule has 4 heteroatoms. The number of hydrogen-bond donors (Lipinski definition) is 0. The van der Waals surface area contributed by atoms with Crippen molar-refractivity contribution in [2.45, 2.75) is 6.92 Å². The standard InChI is InChI=1S/C11H9ClN2O/c1-8-2-3-10(7-14-8)15-9-4-5-13-11(12)6-9/h2-7H,1H3. The van der Waals surface area contributed by atoms with Crippen molar-refractivity contribution in [2.24, 2.45) is 0 Å². The van der Waals surface area contributed by atoms with Gasteiger partial charge in [-0.05, 0) is 25.1 Å². The molecule has 0 spiro atoms. The molecule has 0 saturated carbocycles. The highest BCUT2D eigenvalue weighted by atomic mass is 35.5. The molecule has 76 valence electrons. The van der Waals surface area contributed by atoms with E-state index < -0.39 is 0 Å². The van der Waals surface area contributed by atoms with Crippen molar-refractivity contribution < 1.29 is 4.74 Å². The average molecular weight is 221 g/mol. The van der Waals surface area contributed by atoms with Crippen molar-refractivity contribution in [3.63, 3.8) is 0 Å². The third-order valence-corrected chi connectivity index (χ3v) is 2.02. The molecule has 0 saturated heterocycles. The van der Waals surface area contributed by atoms with Crippen molar-refractivity contribution >= 4 is 11.6 Å². The van der Waals surface area contributed by atoms with Crippen LogP contribution in [0.15, 0.2) is 36.7 Å². The lowest BCUT2D eigenvalue weighted by Crippen LogP contribution is -1.87. The van der Waals surface area contributed by atoms with Gasteiger partial charge in [0, 0.05) is 18.0 Å².